The van der Waals surface area contributed by atoms with Crippen LogP contribution in [0.5, 0.6) is 0 Å². The molecule has 0 bridgehead atoms. The second-order valence-corrected chi connectivity index (χ2v) is 5.82. The molecule has 1 aromatic heterocycles. The molecule has 5 atom stereocenters. The van der Waals surface area contributed by atoms with Gasteiger partial charge in [0, 0.05) is 5.56 Å². The second kappa shape index (κ2) is 6.54. The minimum Gasteiger partial charge on any atom is -0.394 e. The zero-order valence-electron chi connectivity index (χ0n) is 11.9. The van der Waals surface area contributed by atoms with E-state index in [9.17, 15) is 19.7 Å². The lowest BCUT2D eigenvalue weighted by atomic mass is 9.97. The molecule has 1 aromatic carbocycles. The molecule has 1 fully saturated rings. The summed E-state index contributed by atoms with van der Waals surface area (Å²) in [6.45, 7) is -0.416. The van der Waals surface area contributed by atoms with Crippen LogP contribution in [0, 0.1) is 5.82 Å². The Morgan fingerprint density at radius 1 is 1.22 bits per heavy atom. The Hall–Kier alpha value is -1.52. The van der Waals surface area contributed by atoms with Crippen molar-refractivity contribution in [3.63, 3.8) is 0 Å². The standard InChI is InChI=1S/C14H16FN3O4S/c15-8-3-1-7(2-4-8)9-5-18(17-16-9)11-12(20)10(6-19)22-14(23)13(11)21/h1-5,10-14,19-21,23H,6H2/t10-,11+,12+,13-,14+/m1/s1. The summed E-state index contributed by atoms with van der Waals surface area (Å²) in [5, 5.41) is 37.6. The number of nitrogens with zero attached hydrogens (tertiary/aromatic N) is 3. The molecule has 23 heavy (non-hydrogen) atoms. The van der Waals surface area contributed by atoms with Gasteiger partial charge in [-0.15, -0.1) is 17.7 Å². The van der Waals surface area contributed by atoms with E-state index in [1.54, 1.807) is 12.1 Å². The number of hydrogen-bond acceptors (Lipinski definition) is 7. The first kappa shape index (κ1) is 16.3. The van der Waals surface area contributed by atoms with Gasteiger partial charge in [-0.25, -0.2) is 9.07 Å². The van der Waals surface area contributed by atoms with Gasteiger partial charge in [0.25, 0.3) is 0 Å². The van der Waals surface area contributed by atoms with Gasteiger partial charge in [0.2, 0.25) is 0 Å². The lowest BCUT2D eigenvalue weighted by Gasteiger charge is -2.40. The molecule has 0 amide bonds. The minimum atomic E-state index is -1.18. The lowest BCUT2D eigenvalue weighted by molar-refractivity contribution is -0.178. The highest BCUT2D eigenvalue weighted by Gasteiger charge is 2.44. The van der Waals surface area contributed by atoms with Crippen molar-refractivity contribution in [3.8, 4) is 11.3 Å². The summed E-state index contributed by atoms with van der Waals surface area (Å²) in [6.07, 6.45) is -1.67. The Morgan fingerprint density at radius 2 is 1.91 bits per heavy atom. The van der Waals surface area contributed by atoms with Gasteiger partial charge in [-0.2, -0.15) is 0 Å². The minimum absolute atomic E-state index is 0.361. The van der Waals surface area contributed by atoms with E-state index in [0.717, 1.165) is 0 Å². The van der Waals surface area contributed by atoms with Crippen molar-refractivity contribution < 1.29 is 24.4 Å². The molecule has 1 aliphatic heterocycles. The maximum absolute atomic E-state index is 13.0. The molecule has 9 heteroatoms. The molecule has 0 unspecified atom stereocenters. The van der Waals surface area contributed by atoms with Gasteiger partial charge in [-0.05, 0) is 24.3 Å². The average molecular weight is 341 g/mol. The van der Waals surface area contributed by atoms with Crippen molar-refractivity contribution in [3.05, 3.63) is 36.3 Å². The molecule has 0 spiro atoms. The van der Waals surface area contributed by atoms with E-state index in [4.69, 9.17) is 4.74 Å². The van der Waals surface area contributed by atoms with Gasteiger partial charge in [-0.3, -0.25) is 0 Å². The van der Waals surface area contributed by atoms with Crippen LogP contribution in [0.2, 0.25) is 0 Å². The van der Waals surface area contributed by atoms with Gasteiger partial charge in [0.1, 0.15) is 41.3 Å². The molecule has 1 aliphatic rings. The number of halogens is 1. The molecule has 1 saturated heterocycles. The highest BCUT2D eigenvalue weighted by Crippen LogP contribution is 2.32. The largest absolute Gasteiger partial charge is 0.394 e. The molecule has 0 radical (unpaired) electrons. The molecular weight excluding hydrogens is 325 g/mol. The highest BCUT2D eigenvalue weighted by molar-refractivity contribution is 7.80. The van der Waals surface area contributed by atoms with E-state index in [1.807, 2.05) is 0 Å². The van der Waals surface area contributed by atoms with E-state index in [1.165, 1.54) is 23.0 Å². The Morgan fingerprint density at radius 3 is 2.57 bits per heavy atom. The fraction of sp³-hybridized carbons (Fsp3) is 0.429. The number of aliphatic hydroxyl groups excluding tert-OH is 3. The Kier molecular flexibility index (Phi) is 4.64. The second-order valence-electron chi connectivity index (χ2n) is 5.31. The molecule has 7 nitrogen and oxygen atoms in total. The van der Waals surface area contributed by atoms with Crippen molar-refractivity contribution >= 4 is 12.6 Å². The van der Waals surface area contributed by atoms with Crippen LogP contribution in [0.1, 0.15) is 6.04 Å². The fourth-order valence-corrected chi connectivity index (χ4v) is 2.90. The summed E-state index contributed by atoms with van der Waals surface area (Å²) in [6, 6.07) is 4.85. The quantitative estimate of drug-likeness (QED) is 0.586. The SMILES string of the molecule is OC[C@H]1O[C@@H](S)[C@H](O)[C@@H](n2cc(-c3ccc(F)cc3)nn2)[C@H]1O. The van der Waals surface area contributed by atoms with Crippen molar-refractivity contribution in [2.24, 2.45) is 0 Å². The molecule has 3 rings (SSSR count). The van der Waals surface area contributed by atoms with Gasteiger partial charge in [-0.1, -0.05) is 5.21 Å². The predicted octanol–water partition coefficient (Wildman–Crippen LogP) is -0.00590. The zero-order chi connectivity index (χ0) is 16.6. The van der Waals surface area contributed by atoms with Crippen molar-refractivity contribution in [2.45, 2.75) is 29.8 Å². The maximum Gasteiger partial charge on any atom is 0.129 e. The van der Waals surface area contributed by atoms with Crippen molar-refractivity contribution in [2.75, 3.05) is 6.61 Å². The third-order valence-corrected chi connectivity index (χ3v) is 4.25. The van der Waals surface area contributed by atoms with Crippen molar-refractivity contribution in [1.82, 2.24) is 15.0 Å². The summed E-state index contributed by atoms with van der Waals surface area (Å²) in [7, 11) is 0. The third kappa shape index (κ3) is 3.10. The molecule has 0 aliphatic carbocycles. The normalized spacial score (nSPS) is 31.3. The van der Waals surface area contributed by atoms with Crippen LogP contribution in [0.3, 0.4) is 0 Å². The van der Waals surface area contributed by atoms with Crippen molar-refractivity contribution in [1.29, 1.82) is 0 Å². The van der Waals surface area contributed by atoms with E-state index in [2.05, 4.69) is 22.9 Å². The molecule has 0 saturated carbocycles. The van der Waals surface area contributed by atoms with Crippen LogP contribution in [-0.4, -0.2) is 60.7 Å². The van der Waals surface area contributed by atoms with Crippen LogP contribution in [0.4, 0.5) is 4.39 Å². The zero-order valence-corrected chi connectivity index (χ0v) is 12.8. The fourth-order valence-electron chi connectivity index (χ4n) is 2.57. The Labute approximate surface area is 136 Å². The van der Waals surface area contributed by atoms with E-state index < -0.39 is 36.4 Å². The molecule has 124 valence electrons. The number of aliphatic hydroxyl groups is 3. The van der Waals surface area contributed by atoms with Crippen LogP contribution in [0.15, 0.2) is 30.5 Å². The average Bonchev–Trinajstić information content (AvgIpc) is 3.01. The summed E-state index contributed by atoms with van der Waals surface area (Å²) < 4.78 is 19.5. The summed E-state index contributed by atoms with van der Waals surface area (Å²) in [5.74, 6) is -0.361. The van der Waals surface area contributed by atoms with Gasteiger partial charge < -0.3 is 20.1 Å². The van der Waals surface area contributed by atoms with E-state index >= 15 is 0 Å². The lowest BCUT2D eigenvalue weighted by Crippen LogP contribution is -2.54. The van der Waals surface area contributed by atoms with Crippen LogP contribution < -0.4 is 0 Å². The van der Waals surface area contributed by atoms with Crippen LogP contribution in [0.25, 0.3) is 11.3 Å². The number of hydrogen-bond donors (Lipinski definition) is 4. The first-order chi connectivity index (χ1) is 11.0. The summed E-state index contributed by atoms with van der Waals surface area (Å²) in [5.41, 5.74) is 0.237. The Balaban J connectivity index is 1.90. The van der Waals surface area contributed by atoms with Crippen LogP contribution in [-0.2, 0) is 4.74 Å². The predicted molar refractivity (Wildman–Crippen MR) is 81.2 cm³/mol. The van der Waals surface area contributed by atoms with Gasteiger partial charge in [0.05, 0.1) is 12.8 Å². The molecule has 3 N–H and O–H groups in total. The van der Waals surface area contributed by atoms with E-state index in [-0.39, 0.29) is 5.82 Å². The monoisotopic (exact) mass is 341 g/mol. The first-order valence-electron chi connectivity index (χ1n) is 6.99. The Bertz CT molecular complexity index is 668. The summed E-state index contributed by atoms with van der Waals surface area (Å²) >= 11 is 4.11. The number of ether oxygens (including phenoxy) is 1. The molecule has 2 aromatic rings. The summed E-state index contributed by atoms with van der Waals surface area (Å²) in [4.78, 5) is 0. The molecule has 2 heterocycles. The van der Waals surface area contributed by atoms with E-state index in [0.29, 0.717) is 11.3 Å². The van der Waals surface area contributed by atoms with Gasteiger partial charge >= 0.3 is 0 Å². The number of aromatic nitrogens is 3. The number of rotatable bonds is 3. The topological polar surface area (TPSA) is 101 Å². The molecular formula is C14H16FN3O4S. The maximum atomic E-state index is 13.0. The highest BCUT2D eigenvalue weighted by atomic mass is 32.1. The smallest absolute Gasteiger partial charge is 0.129 e. The first-order valence-corrected chi connectivity index (χ1v) is 7.51. The number of thiol groups is 1. The number of benzene rings is 1. The third-order valence-electron chi connectivity index (χ3n) is 3.82. The van der Waals surface area contributed by atoms with Crippen LogP contribution >= 0.6 is 12.6 Å². The van der Waals surface area contributed by atoms with Gasteiger partial charge in [0.15, 0.2) is 0 Å².